The summed E-state index contributed by atoms with van der Waals surface area (Å²) in [5.41, 5.74) is 6.61. The fourth-order valence-corrected chi connectivity index (χ4v) is 4.20. The quantitative estimate of drug-likeness (QED) is 0.213. The molecule has 0 aliphatic rings. The molecule has 1 unspecified atom stereocenters. The van der Waals surface area contributed by atoms with Crippen molar-refractivity contribution in [3.05, 3.63) is 66.4 Å². The number of hydrogen-bond donors (Lipinski definition) is 3. The molecule has 2 heterocycles. The molecule has 0 aliphatic carbocycles. The molecule has 4 rings (SSSR count). The van der Waals surface area contributed by atoms with Gasteiger partial charge in [0.1, 0.15) is 23.7 Å². The lowest BCUT2D eigenvalue weighted by molar-refractivity contribution is -0.120. The zero-order valence-electron chi connectivity index (χ0n) is 21.1. The number of benzene rings is 2. The van der Waals surface area contributed by atoms with Gasteiger partial charge in [-0.05, 0) is 49.2 Å². The molecule has 0 radical (unpaired) electrons. The second-order valence-electron chi connectivity index (χ2n) is 8.74. The van der Waals surface area contributed by atoms with Gasteiger partial charge in [-0.2, -0.15) is 0 Å². The molecule has 0 spiro atoms. The maximum atomic E-state index is 13.7. The number of ether oxygens (including phenoxy) is 1. The lowest BCUT2D eigenvalue weighted by atomic mass is 10.1. The minimum atomic E-state index is -1.02. The third-order valence-corrected chi connectivity index (χ3v) is 5.91. The highest BCUT2D eigenvalue weighted by Gasteiger charge is 2.22. The Morgan fingerprint density at radius 1 is 1.21 bits per heavy atom. The van der Waals surface area contributed by atoms with Crippen molar-refractivity contribution in [3.8, 4) is 5.75 Å². The molecule has 0 aliphatic heterocycles. The number of carbonyl (C=O) groups excluding carboxylic acids is 1. The van der Waals surface area contributed by atoms with Gasteiger partial charge in [-0.3, -0.25) is 4.79 Å². The van der Waals surface area contributed by atoms with Gasteiger partial charge >= 0.3 is 0 Å². The summed E-state index contributed by atoms with van der Waals surface area (Å²) in [6.45, 7) is 5.28. The highest BCUT2D eigenvalue weighted by atomic mass is 19.1. The van der Waals surface area contributed by atoms with Crippen molar-refractivity contribution in [1.82, 2.24) is 29.9 Å². The standard InChI is InChI=1S/C26H31FN8O3/c1-2-9-34(11-12-36)10-4-13-38-20-7-8-21-22(15-20)29-17-30-26(21)31-23-16-35(33-32-23)24(25(28)37)18-5-3-6-19(27)14-18/h3,5-8,14-17,24,36H,2,4,9-13H2,1H3,(H2,28,37)(H,29,30,31). The highest BCUT2D eigenvalue weighted by molar-refractivity contribution is 5.91. The Bertz CT molecular complexity index is 1360. The molecule has 4 N–H and O–H groups in total. The van der Waals surface area contributed by atoms with Crippen LogP contribution in [0.5, 0.6) is 5.75 Å². The van der Waals surface area contributed by atoms with E-state index in [0.29, 0.717) is 41.6 Å². The summed E-state index contributed by atoms with van der Waals surface area (Å²) in [5.74, 6) is 0.333. The average Bonchev–Trinajstić information content (AvgIpc) is 3.34. The van der Waals surface area contributed by atoms with E-state index in [9.17, 15) is 14.3 Å². The topological polar surface area (TPSA) is 144 Å². The number of anilines is 2. The zero-order valence-corrected chi connectivity index (χ0v) is 21.1. The summed E-state index contributed by atoms with van der Waals surface area (Å²) < 4.78 is 20.9. The van der Waals surface area contributed by atoms with Gasteiger partial charge in [0.25, 0.3) is 0 Å². The predicted octanol–water partition coefficient (Wildman–Crippen LogP) is 2.65. The van der Waals surface area contributed by atoms with Gasteiger partial charge in [-0.1, -0.05) is 24.3 Å². The molecule has 38 heavy (non-hydrogen) atoms. The van der Waals surface area contributed by atoms with E-state index in [1.165, 1.54) is 35.4 Å². The number of hydrogen-bond acceptors (Lipinski definition) is 9. The largest absolute Gasteiger partial charge is 0.493 e. The van der Waals surface area contributed by atoms with Crippen LogP contribution in [-0.4, -0.2) is 73.7 Å². The summed E-state index contributed by atoms with van der Waals surface area (Å²) in [6, 6.07) is 10.1. The van der Waals surface area contributed by atoms with Gasteiger partial charge in [0, 0.05) is 24.5 Å². The van der Waals surface area contributed by atoms with Gasteiger partial charge in [0.15, 0.2) is 11.9 Å². The van der Waals surface area contributed by atoms with Crippen LogP contribution in [0.2, 0.25) is 0 Å². The number of aromatic nitrogens is 5. The van der Waals surface area contributed by atoms with Crippen molar-refractivity contribution in [2.24, 2.45) is 5.73 Å². The van der Waals surface area contributed by atoms with E-state index in [-0.39, 0.29) is 6.61 Å². The summed E-state index contributed by atoms with van der Waals surface area (Å²) >= 11 is 0. The van der Waals surface area contributed by atoms with Gasteiger partial charge in [0.05, 0.1) is 24.9 Å². The number of nitrogens with one attached hydrogen (secondary N) is 1. The Kier molecular flexibility index (Phi) is 9.11. The normalized spacial score (nSPS) is 12.1. The second-order valence-corrected chi connectivity index (χ2v) is 8.74. The van der Waals surface area contributed by atoms with E-state index in [1.807, 2.05) is 18.2 Å². The van der Waals surface area contributed by atoms with Crippen molar-refractivity contribution < 1.29 is 19.0 Å². The second kappa shape index (κ2) is 12.9. The summed E-state index contributed by atoms with van der Waals surface area (Å²) in [6.07, 6.45) is 4.81. The molecule has 0 fully saturated rings. The van der Waals surface area contributed by atoms with E-state index in [4.69, 9.17) is 10.5 Å². The lowest BCUT2D eigenvalue weighted by Crippen LogP contribution is -2.29. The van der Waals surface area contributed by atoms with Gasteiger partial charge < -0.3 is 25.8 Å². The number of amides is 1. The molecule has 0 bridgehead atoms. The number of primary amides is 1. The van der Waals surface area contributed by atoms with Gasteiger partial charge in [-0.15, -0.1) is 5.10 Å². The van der Waals surface area contributed by atoms with E-state index < -0.39 is 17.8 Å². The Balaban J connectivity index is 1.43. The predicted molar refractivity (Wildman–Crippen MR) is 141 cm³/mol. The van der Waals surface area contributed by atoms with Crippen molar-refractivity contribution in [3.63, 3.8) is 0 Å². The Morgan fingerprint density at radius 2 is 2.08 bits per heavy atom. The number of halogens is 1. The van der Waals surface area contributed by atoms with E-state index >= 15 is 0 Å². The molecular formula is C26H31FN8O3. The van der Waals surface area contributed by atoms with Gasteiger partial charge in [-0.25, -0.2) is 19.0 Å². The minimum absolute atomic E-state index is 0.149. The van der Waals surface area contributed by atoms with E-state index in [0.717, 1.165) is 31.3 Å². The monoisotopic (exact) mass is 522 g/mol. The number of nitrogens with two attached hydrogens (primary N) is 1. The van der Waals surface area contributed by atoms with E-state index in [2.05, 4.69) is 37.4 Å². The van der Waals surface area contributed by atoms with Crippen molar-refractivity contribution >= 4 is 28.4 Å². The highest BCUT2D eigenvalue weighted by Crippen LogP contribution is 2.26. The number of aliphatic hydroxyl groups is 1. The van der Waals surface area contributed by atoms with Crippen LogP contribution >= 0.6 is 0 Å². The van der Waals surface area contributed by atoms with Crippen LogP contribution in [0, 0.1) is 5.82 Å². The smallest absolute Gasteiger partial charge is 0.246 e. The van der Waals surface area contributed by atoms with Crippen LogP contribution in [0.1, 0.15) is 31.4 Å². The Hall–Kier alpha value is -4.16. The van der Waals surface area contributed by atoms with Gasteiger partial charge in [0.2, 0.25) is 5.91 Å². The average molecular weight is 523 g/mol. The lowest BCUT2D eigenvalue weighted by Gasteiger charge is -2.20. The summed E-state index contributed by atoms with van der Waals surface area (Å²) in [4.78, 5) is 23.0. The fraction of sp³-hybridized carbons (Fsp3) is 0.346. The first-order valence-corrected chi connectivity index (χ1v) is 12.4. The van der Waals surface area contributed by atoms with Crippen molar-refractivity contribution in [2.45, 2.75) is 25.8 Å². The first-order valence-electron chi connectivity index (χ1n) is 12.4. The molecule has 12 heteroatoms. The number of aliphatic hydroxyl groups excluding tert-OH is 1. The van der Waals surface area contributed by atoms with Crippen LogP contribution in [0.25, 0.3) is 10.9 Å². The van der Waals surface area contributed by atoms with Crippen LogP contribution in [0.3, 0.4) is 0 Å². The first kappa shape index (κ1) is 26.9. The molecule has 1 atom stereocenters. The maximum Gasteiger partial charge on any atom is 0.246 e. The summed E-state index contributed by atoms with van der Waals surface area (Å²) in [5, 5.41) is 21.1. The van der Waals surface area contributed by atoms with Crippen molar-refractivity contribution in [2.75, 3.05) is 38.2 Å². The Morgan fingerprint density at radius 3 is 2.84 bits per heavy atom. The maximum absolute atomic E-state index is 13.7. The third-order valence-electron chi connectivity index (χ3n) is 5.91. The molecule has 4 aromatic rings. The molecule has 2 aromatic carbocycles. The molecular weight excluding hydrogens is 491 g/mol. The van der Waals surface area contributed by atoms with Crippen LogP contribution in [-0.2, 0) is 4.79 Å². The fourth-order valence-electron chi connectivity index (χ4n) is 4.20. The van der Waals surface area contributed by atoms with E-state index in [1.54, 1.807) is 6.07 Å². The number of nitrogens with zero attached hydrogens (tertiary/aromatic N) is 6. The molecule has 1 amide bonds. The van der Waals surface area contributed by atoms with Crippen LogP contribution in [0.4, 0.5) is 16.0 Å². The number of carbonyl (C=O) groups is 1. The Labute approximate surface area is 219 Å². The third kappa shape index (κ3) is 6.78. The molecule has 2 aromatic heterocycles. The van der Waals surface area contributed by atoms with Crippen molar-refractivity contribution in [1.29, 1.82) is 0 Å². The minimum Gasteiger partial charge on any atom is -0.493 e. The zero-order chi connectivity index (χ0) is 26.9. The molecule has 11 nitrogen and oxygen atoms in total. The number of rotatable bonds is 14. The first-order chi connectivity index (χ1) is 18.5. The molecule has 0 saturated carbocycles. The van der Waals surface area contributed by atoms with Crippen LogP contribution in [0.15, 0.2) is 55.0 Å². The molecule has 200 valence electrons. The van der Waals surface area contributed by atoms with Crippen LogP contribution < -0.4 is 15.8 Å². The SMILES string of the molecule is CCCN(CCO)CCCOc1ccc2c(Nc3cn(C(C(N)=O)c4cccc(F)c4)nn3)ncnc2c1. The number of fused-ring (bicyclic) bond motifs is 1. The molecule has 0 saturated heterocycles. The summed E-state index contributed by atoms with van der Waals surface area (Å²) in [7, 11) is 0.